The Bertz CT molecular complexity index is 592. The lowest BCUT2D eigenvalue weighted by molar-refractivity contribution is -0.159. The lowest BCUT2D eigenvalue weighted by atomic mass is 9.94. The van der Waals surface area contributed by atoms with Gasteiger partial charge in [0.05, 0.1) is 12.0 Å². The van der Waals surface area contributed by atoms with Crippen LogP contribution in [0.4, 0.5) is 0 Å². The Kier molecular flexibility index (Phi) is 7.67. The first-order chi connectivity index (χ1) is 11.2. The van der Waals surface area contributed by atoms with Gasteiger partial charge >= 0.3 is 17.9 Å². The van der Waals surface area contributed by atoms with Gasteiger partial charge in [-0.15, -0.1) is 0 Å². The number of aliphatic carboxylic acids is 2. The van der Waals surface area contributed by atoms with Crippen molar-refractivity contribution in [1.82, 2.24) is 5.32 Å². The molecular weight excluding hydrogens is 338 g/mol. The Morgan fingerprint density at radius 3 is 2.29 bits per heavy atom. The molecule has 0 amide bonds. The maximum Gasteiger partial charge on any atom is 0.414 e. The summed E-state index contributed by atoms with van der Waals surface area (Å²) in [7, 11) is 0. The number of carbonyl (C=O) groups excluding carboxylic acids is 1. The van der Waals surface area contributed by atoms with Crippen molar-refractivity contribution >= 4 is 29.5 Å². The van der Waals surface area contributed by atoms with Gasteiger partial charge in [-0.3, -0.25) is 4.79 Å². The van der Waals surface area contributed by atoms with Gasteiger partial charge in [-0.25, -0.2) is 9.59 Å². The second-order valence-corrected chi connectivity index (χ2v) is 5.85. The molecule has 2 rings (SSSR count). The van der Waals surface area contributed by atoms with E-state index in [2.05, 4.69) is 5.32 Å². The highest BCUT2D eigenvalue weighted by atomic mass is 35.5. The average molecular weight is 358 g/mol. The zero-order valence-electron chi connectivity index (χ0n) is 13.4. The monoisotopic (exact) mass is 357 g/mol. The van der Waals surface area contributed by atoms with Crippen LogP contribution in [0.2, 0.25) is 5.02 Å². The molecule has 24 heavy (non-hydrogen) atoms. The number of nitrogens with one attached hydrogen (secondary N) is 1. The summed E-state index contributed by atoms with van der Waals surface area (Å²) in [6, 6.07) is 7.60. The summed E-state index contributed by atoms with van der Waals surface area (Å²) < 4.78 is 5.30. The number of carboxylic acid groups (broad SMARTS) is 2. The third kappa shape index (κ3) is 5.82. The molecule has 8 heteroatoms. The van der Waals surface area contributed by atoms with Gasteiger partial charge in [0.15, 0.2) is 0 Å². The molecule has 0 aromatic heterocycles. The Hall–Kier alpha value is -2.12. The van der Waals surface area contributed by atoms with Gasteiger partial charge in [0, 0.05) is 11.1 Å². The number of hydrogen-bond donors (Lipinski definition) is 3. The summed E-state index contributed by atoms with van der Waals surface area (Å²) in [6.45, 7) is 4.54. The number of rotatable bonds is 3. The van der Waals surface area contributed by atoms with E-state index in [0.29, 0.717) is 5.02 Å². The van der Waals surface area contributed by atoms with E-state index < -0.39 is 11.9 Å². The zero-order valence-corrected chi connectivity index (χ0v) is 14.1. The normalized spacial score (nSPS) is 19.3. The molecule has 1 aliphatic rings. The number of ether oxygens (including phenoxy) is 1. The van der Waals surface area contributed by atoms with Gasteiger partial charge in [-0.05, 0) is 38.4 Å². The van der Waals surface area contributed by atoms with Crippen LogP contribution in [0.15, 0.2) is 24.3 Å². The van der Waals surface area contributed by atoms with E-state index in [1.807, 2.05) is 38.1 Å². The zero-order chi connectivity index (χ0) is 18.3. The molecule has 132 valence electrons. The molecule has 0 radical (unpaired) electrons. The van der Waals surface area contributed by atoms with Crippen molar-refractivity contribution in [2.45, 2.75) is 32.4 Å². The number of carbonyl (C=O) groups is 3. The third-order valence-electron chi connectivity index (χ3n) is 3.30. The van der Waals surface area contributed by atoms with Gasteiger partial charge in [-0.2, -0.15) is 0 Å². The standard InChI is InChI=1S/C14H18ClNO2.C2H2O4/c1-9(2)18-14(17)11-7-8-16-13(11)10-5-3-4-6-12(10)15;3-1(4)2(5)6/h3-6,9,11,13,16H,7-8H2,1-2H3;(H,3,4)(H,5,6)/t11-,13?;/m1./s1. The number of carboxylic acids is 2. The van der Waals surface area contributed by atoms with E-state index in [9.17, 15) is 4.79 Å². The van der Waals surface area contributed by atoms with Gasteiger partial charge in [0.1, 0.15) is 0 Å². The second kappa shape index (κ2) is 9.24. The van der Waals surface area contributed by atoms with Crippen LogP contribution in [-0.4, -0.2) is 40.8 Å². The molecule has 1 unspecified atom stereocenters. The number of hydrogen-bond acceptors (Lipinski definition) is 5. The first-order valence-corrected chi connectivity index (χ1v) is 7.76. The van der Waals surface area contributed by atoms with Crippen molar-refractivity contribution in [3.05, 3.63) is 34.9 Å². The fourth-order valence-electron chi connectivity index (χ4n) is 2.33. The van der Waals surface area contributed by atoms with Crippen molar-refractivity contribution < 1.29 is 29.3 Å². The first-order valence-electron chi connectivity index (χ1n) is 7.38. The molecular formula is C16H20ClNO6. The molecule has 7 nitrogen and oxygen atoms in total. The molecule has 1 saturated heterocycles. The molecule has 0 spiro atoms. The fraction of sp³-hybridized carbons (Fsp3) is 0.438. The summed E-state index contributed by atoms with van der Waals surface area (Å²) in [5.41, 5.74) is 0.974. The van der Waals surface area contributed by atoms with Gasteiger partial charge < -0.3 is 20.3 Å². The van der Waals surface area contributed by atoms with Crippen molar-refractivity contribution in [3.8, 4) is 0 Å². The topological polar surface area (TPSA) is 113 Å². The summed E-state index contributed by atoms with van der Waals surface area (Å²) in [5, 5.41) is 18.8. The minimum atomic E-state index is -1.82. The summed E-state index contributed by atoms with van der Waals surface area (Å²) in [6.07, 6.45) is 0.714. The molecule has 0 saturated carbocycles. The molecule has 1 aromatic carbocycles. The van der Waals surface area contributed by atoms with Crippen molar-refractivity contribution in [3.63, 3.8) is 0 Å². The number of halogens is 1. The Labute approximate surface area is 144 Å². The smallest absolute Gasteiger partial charge is 0.414 e. The Morgan fingerprint density at radius 1 is 1.21 bits per heavy atom. The van der Waals surface area contributed by atoms with Crippen molar-refractivity contribution in [1.29, 1.82) is 0 Å². The highest BCUT2D eigenvalue weighted by molar-refractivity contribution is 6.31. The minimum absolute atomic E-state index is 0.0371. The second-order valence-electron chi connectivity index (χ2n) is 5.44. The molecule has 2 atom stereocenters. The lowest BCUT2D eigenvalue weighted by Crippen LogP contribution is -2.27. The first kappa shape index (κ1) is 19.9. The van der Waals surface area contributed by atoms with Crippen LogP contribution in [0.3, 0.4) is 0 Å². The van der Waals surface area contributed by atoms with Crippen molar-refractivity contribution in [2.24, 2.45) is 5.92 Å². The molecule has 1 fully saturated rings. The maximum atomic E-state index is 12.0. The number of esters is 1. The Balaban J connectivity index is 0.000000413. The van der Waals surface area contributed by atoms with Crippen LogP contribution in [0.5, 0.6) is 0 Å². The van der Waals surface area contributed by atoms with Gasteiger partial charge in [0.25, 0.3) is 0 Å². The summed E-state index contributed by atoms with van der Waals surface area (Å²) in [4.78, 5) is 30.2. The van der Waals surface area contributed by atoms with Crippen LogP contribution in [0, 0.1) is 5.92 Å². The van der Waals surface area contributed by atoms with Crippen LogP contribution in [0.1, 0.15) is 31.9 Å². The van der Waals surface area contributed by atoms with E-state index in [-0.39, 0.29) is 24.0 Å². The van der Waals surface area contributed by atoms with E-state index in [4.69, 9.17) is 36.1 Å². The fourth-order valence-corrected chi connectivity index (χ4v) is 2.58. The van der Waals surface area contributed by atoms with E-state index >= 15 is 0 Å². The maximum absolute atomic E-state index is 12.0. The highest BCUT2D eigenvalue weighted by Gasteiger charge is 2.36. The van der Waals surface area contributed by atoms with Crippen LogP contribution >= 0.6 is 11.6 Å². The van der Waals surface area contributed by atoms with Crippen LogP contribution < -0.4 is 5.32 Å². The van der Waals surface area contributed by atoms with Crippen molar-refractivity contribution in [2.75, 3.05) is 6.54 Å². The molecule has 0 bridgehead atoms. The molecule has 3 N–H and O–H groups in total. The molecule has 0 aliphatic carbocycles. The SMILES string of the molecule is CC(C)OC(=O)[C@@H]1CCNC1c1ccccc1Cl.O=C(O)C(=O)O. The summed E-state index contributed by atoms with van der Waals surface area (Å²) in [5.74, 6) is -3.93. The highest BCUT2D eigenvalue weighted by Crippen LogP contribution is 2.34. The predicted octanol–water partition coefficient (Wildman–Crippen LogP) is 2.10. The lowest BCUT2D eigenvalue weighted by Gasteiger charge is -2.21. The number of benzene rings is 1. The average Bonchev–Trinajstić information content (AvgIpc) is 2.97. The Morgan fingerprint density at radius 2 is 1.79 bits per heavy atom. The largest absolute Gasteiger partial charge is 0.473 e. The molecule has 1 aromatic rings. The van der Waals surface area contributed by atoms with E-state index in [0.717, 1.165) is 18.5 Å². The quantitative estimate of drug-likeness (QED) is 0.560. The third-order valence-corrected chi connectivity index (χ3v) is 3.64. The van der Waals surface area contributed by atoms with E-state index in [1.54, 1.807) is 0 Å². The molecule has 1 aliphatic heterocycles. The molecule has 1 heterocycles. The van der Waals surface area contributed by atoms with Gasteiger partial charge in [0.2, 0.25) is 0 Å². The summed E-state index contributed by atoms with van der Waals surface area (Å²) >= 11 is 6.19. The minimum Gasteiger partial charge on any atom is -0.473 e. The van der Waals surface area contributed by atoms with Gasteiger partial charge in [-0.1, -0.05) is 29.8 Å². The predicted molar refractivity (Wildman–Crippen MR) is 86.8 cm³/mol. The van der Waals surface area contributed by atoms with E-state index in [1.165, 1.54) is 0 Å². The van der Waals surface area contributed by atoms with Crippen LogP contribution in [-0.2, 0) is 19.1 Å². The van der Waals surface area contributed by atoms with Crippen LogP contribution in [0.25, 0.3) is 0 Å².